The maximum absolute atomic E-state index is 8.70. The molecule has 2 aromatic carbocycles. The van der Waals surface area contributed by atoms with Gasteiger partial charge in [-0.15, -0.1) is 0 Å². The third kappa shape index (κ3) is 2.96. The Bertz CT molecular complexity index is 577. The van der Waals surface area contributed by atoms with Crippen molar-refractivity contribution >= 4 is 11.4 Å². The monoisotopic (exact) mass is 235 g/mol. The van der Waals surface area contributed by atoms with Gasteiger partial charge in [0, 0.05) is 0 Å². The molecule has 18 heavy (non-hydrogen) atoms. The molecule has 0 saturated carbocycles. The number of nitrogens with zero attached hydrogens (tertiary/aromatic N) is 2. The molecule has 2 aromatic rings. The molecule has 0 heterocycles. The molecule has 0 aliphatic heterocycles. The lowest BCUT2D eigenvalue weighted by molar-refractivity contribution is 1.32. The zero-order valence-electron chi connectivity index (χ0n) is 10.1. The van der Waals surface area contributed by atoms with Crippen molar-refractivity contribution in [2.24, 2.45) is 5.10 Å². The van der Waals surface area contributed by atoms with Gasteiger partial charge in [0.1, 0.15) is 0 Å². The average molecular weight is 235 g/mol. The molecule has 0 radical (unpaired) electrons. The summed E-state index contributed by atoms with van der Waals surface area (Å²) in [7, 11) is 0. The van der Waals surface area contributed by atoms with E-state index in [1.54, 1.807) is 12.1 Å². The van der Waals surface area contributed by atoms with Crippen LogP contribution < -0.4 is 5.43 Å². The first kappa shape index (κ1) is 11.9. The molecule has 0 aromatic heterocycles. The predicted octanol–water partition coefficient (Wildman–Crippen LogP) is 3.39. The van der Waals surface area contributed by atoms with E-state index < -0.39 is 0 Å². The summed E-state index contributed by atoms with van der Waals surface area (Å²) in [5, 5.41) is 13.0. The minimum atomic E-state index is 0.643. The SMILES string of the molecule is C/C(=N\Nc1ccc(C#N)cc1)c1ccccc1. The number of anilines is 1. The van der Waals surface area contributed by atoms with Gasteiger partial charge >= 0.3 is 0 Å². The normalized spacial score (nSPS) is 10.8. The van der Waals surface area contributed by atoms with Crippen LogP contribution in [0.2, 0.25) is 0 Å². The van der Waals surface area contributed by atoms with E-state index in [0.717, 1.165) is 17.0 Å². The summed E-state index contributed by atoms with van der Waals surface area (Å²) in [6.07, 6.45) is 0. The first-order valence-corrected chi connectivity index (χ1v) is 5.65. The molecule has 0 unspecified atom stereocenters. The summed E-state index contributed by atoms with van der Waals surface area (Å²) in [5.74, 6) is 0. The second kappa shape index (κ2) is 5.65. The molecular weight excluding hydrogens is 222 g/mol. The van der Waals surface area contributed by atoms with Gasteiger partial charge in [-0.25, -0.2) is 0 Å². The third-order valence-corrected chi connectivity index (χ3v) is 2.56. The van der Waals surface area contributed by atoms with Crippen molar-refractivity contribution in [1.29, 1.82) is 5.26 Å². The van der Waals surface area contributed by atoms with E-state index >= 15 is 0 Å². The smallest absolute Gasteiger partial charge is 0.0991 e. The molecule has 0 aliphatic rings. The largest absolute Gasteiger partial charge is 0.278 e. The lowest BCUT2D eigenvalue weighted by atomic mass is 10.1. The molecule has 0 amide bonds. The molecule has 3 heteroatoms. The number of hydrogen-bond donors (Lipinski definition) is 1. The van der Waals surface area contributed by atoms with Crippen LogP contribution in [0.3, 0.4) is 0 Å². The van der Waals surface area contributed by atoms with Gasteiger partial charge in [0.25, 0.3) is 0 Å². The van der Waals surface area contributed by atoms with E-state index in [9.17, 15) is 0 Å². The number of benzene rings is 2. The van der Waals surface area contributed by atoms with Crippen molar-refractivity contribution in [3.63, 3.8) is 0 Å². The summed E-state index contributed by atoms with van der Waals surface area (Å²) >= 11 is 0. The summed E-state index contributed by atoms with van der Waals surface area (Å²) in [6, 6.07) is 19.2. The number of nitriles is 1. The summed E-state index contributed by atoms with van der Waals surface area (Å²) in [4.78, 5) is 0. The van der Waals surface area contributed by atoms with Gasteiger partial charge < -0.3 is 0 Å². The van der Waals surface area contributed by atoms with E-state index in [0.29, 0.717) is 5.56 Å². The quantitative estimate of drug-likeness (QED) is 0.654. The molecule has 0 bridgehead atoms. The van der Waals surface area contributed by atoms with Crippen molar-refractivity contribution in [2.75, 3.05) is 5.43 Å². The average Bonchev–Trinajstić information content (AvgIpc) is 2.46. The second-order valence-electron chi connectivity index (χ2n) is 3.86. The fourth-order valence-electron chi connectivity index (χ4n) is 1.51. The van der Waals surface area contributed by atoms with Crippen molar-refractivity contribution in [3.8, 4) is 6.07 Å². The van der Waals surface area contributed by atoms with Crippen LogP contribution >= 0.6 is 0 Å². The summed E-state index contributed by atoms with van der Waals surface area (Å²) < 4.78 is 0. The van der Waals surface area contributed by atoms with Gasteiger partial charge in [-0.2, -0.15) is 10.4 Å². The number of rotatable bonds is 3. The standard InChI is InChI=1S/C15H13N3/c1-12(14-5-3-2-4-6-14)17-18-15-9-7-13(11-16)8-10-15/h2-10,18H,1H3/b17-12+. The lowest BCUT2D eigenvalue weighted by Gasteiger charge is -2.03. The minimum Gasteiger partial charge on any atom is -0.278 e. The lowest BCUT2D eigenvalue weighted by Crippen LogP contribution is -1.99. The molecule has 3 nitrogen and oxygen atoms in total. The van der Waals surface area contributed by atoms with Gasteiger partial charge in [-0.05, 0) is 36.8 Å². The van der Waals surface area contributed by atoms with Crippen LogP contribution in [0.15, 0.2) is 59.7 Å². The van der Waals surface area contributed by atoms with Crippen molar-refractivity contribution in [2.45, 2.75) is 6.92 Å². The van der Waals surface area contributed by atoms with Gasteiger partial charge in [-0.3, -0.25) is 5.43 Å². The first-order chi connectivity index (χ1) is 8.79. The molecule has 0 atom stereocenters. The predicted molar refractivity (Wildman–Crippen MR) is 73.4 cm³/mol. The zero-order valence-corrected chi connectivity index (χ0v) is 10.1. The first-order valence-electron chi connectivity index (χ1n) is 5.65. The molecule has 1 N–H and O–H groups in total. The molecule has 0 fully saturated rings. The van der Waals surface area contributed by atoms with Crippen LogP contribution in [0.25, 0.3) is 0 Å². The van der Waals surface area contributed by atoms with Crippen LogP contribution in [-0.2, 0) is 0 Å². The molecule has 0 spiro atoms. The topological polar surface area (TPSA) is 48.2 Å². The highest BCUT2D eigenvalue weighted by atomic mass is 15.3. The molecular formula is C15H13N3. The van der Waals surface area contributed by atoms with Gasteiger partial charge in [-0.1, -0.05) is 30.3 Å². The van der Waals surface area contributed by atoms with Crippen molar-refractivity contribution < 1.29 is 0 Å². The van der Waals surface area contributed by atoms with E-state index in [4.69, 9.17) is 5.26 Å². The highest BCUT2D eigenvalue weighted by molar-refractivity contribution is 5.99. The Morgan fingerprint density at radius 1 is 1.06 bits per heavy atom. The van der Waals surface area contributed by atoms with E-state index in [1.165, 1.54) is 0 Å². The van der Waals surface area contributed by atoms with Crippen molar-refractivity contribution in [1.82, 2.24) is 0 Å². The van der Waals surface area contributed by atoms with E-state index in [2.05, 4.69) is 16.6 Å². The highest BCUT2D eigenvalue weighted by Gasteiger charge is 1.96. The molecule has 2 rings (SSSR count). The maximum Gasteiger partial charge on any atom is 0.0991 e. The van der Waals surface area contributed by atoms with Crippen LogP contribution in [0, 0.1) is 11.3 Å². The van der Waals surface area contributed by atoms with Crippen LogP contribution in [0.5, 0.6) is 0 Å². The fraction of sp³-hybridized carbons (Fsp3) is 0.0667. The van der Waals surface area contributed by atoms with Crippen LogP contribution in [-0.4, -0.2) is 5.71 Å². The van der Waals surface area contributed by atoms with Crippen molar-refractivity contribution in [3.05, 3.63) is 65.7 Å². The third-order valence-electron chi connectivity index (χ3n) is 2.56. The van der Waals surface area contributed by atoms with Gasteiger partial charge in [0.2, 0.25) is 0 Å². The maximum atomic E-state index is 8.70. The second-order valence-corrected chi connectivity index (χ2v) is 3.86. The van der Waals surface area contributed by atoms with Crippen LogP contribution in [0.1, 0.15) is 18.1 Å². The molecule has 0 saturated heterocycles. The Kier molecular flexibility index (Phi) is 3.72. The fourth-order valence-corrected chi connectivity index (χ4v) is 1.51. The highest BCUT2D eigenvalue weighted by Crippen LogP contribution is 2.09. The Labute approximate surface area is 106 Å². The van der Waals surface area contributed by atoms with Gasteiger partial charge in [0.15, 0.2) is 0 Å². The Balaban J connectivity index is 2.08. The van der Waals surface area contributed by atoms with E-state index in [-0.39, 0.29) is 0 Å². The number of hydrazone groups is 1. The molecule has 0 aliphatic carbocycles. The molecule has 88 valence electrons. The zero-order chi connectivity index (χ0) is 12.8. The minimum absolute atomic E-state index is 0.643. The van der Waals surface area contributed by atoms with Crippen LogP contribution in [0.4, 0.5) is 5.69 Å². The summed E-state index contributed by atoms with van der Waals surface area (Å²) in [5.41, 5.74) is 6.48. The van der Waals surface area contributed by atoms with Gasteiger partial charge in [0.05, 0.1) is 23.0 Å². The summed E-state index contributed by atoms with van der Waals surface area (Å²) in [6.45, 7) is 1.95. The number of nitrogens with one attached hydrogen (secondary N) is 1. The Morgan fingerprint density at radius 3 is 2.33 bits per heavy atom. The van der Waals surface area contributed by atoms with E-state index in [1.807, 2.05) is 49.4 Å². The Hall–Kier alpha value is -2.60. The number of hydrogen-bond acceptors (Lipinski definition) is 3. The Morgan fingerprint density at radius 2 is 1.72 bits per heavy atom.